The fourth-order valence-corrected chi connectivity index (χ4v) is 5.38. The number of nitrogens with zero attached hydrogens (tertiary/aromatic N) is 2. The molecule has 0 radical (unpaired) electrons. The summed E-state index contributed by atoms with van der Waals surface area (Å²) in [5.41, 5.74) is 1.48. The number of halogens is 3. The van der Waals surface area contributed by atoms with Gasteiger partial charge in [0.05, 0.1) is 30.8 Å². The molecule has 0 spiro atoms. The summed E-state index contributed by atoms with van der Waals surface area (Å²) in [6.07, 6.45) is -1.47. The van der Waals surface area contributed by atoms with E-state index in [4.69, 9.17) is 14.5 Å². The molecule has 0 unspecified atom stereocenters. The van der Waals surface area contributed by atoms with Gasteiger partial charge >= 0.3 is 12.1 Å². The average molecular weight is 490 g/mol. The largest absolute Gasteiger partial charge is 0.496 e. The highest BCUT2D eigenvalue weighted by atomic mass is 19.4. The first kappa shape index (κ1) is 24.9. The number of imidazole rings is 1. The van der Waals surface area contributed by atoms with Crippen LogP contribution in [-0.4, -0.2) is 29.7 Å². The van der Waals surface area contributed by atoms with E-state index in [9.17, 15) is 18.0 Å². The minimum Gasteiger partial charge on any atom is -0.496 e. The third-order valence-electron chi connectivity index (χ3n) is 6.61. The summed E-state index contributed by atoms with van der Waals surface area (Å²) in [5.74, 6) is 0.813. The Morgan fingerprint density at radius 3 is 2.40 bits per heavy atom. The minimum atomic E-state index is -4.41. The molecule has 1 aliphatic rings. The highest BCUT2D eigenvalue weighted by Gasteiger charge is 2.35. The molecule has 1 fully saturated rings. The summed E-state index contributed by atoms with van der Waals surface area (Å²) in [6, 6.07) is 8.37. The molecule has 1 aromatic heterocycles. The van der Waals surface area contributed by atoms with Gasteiger partial charge in [0.2, 0.25) is 5.95 Å². The lowest BCUT2D eigenvalue weighted by Crippen LogP contribution is -2.29. The van der Waals surface area contributed by atoms with Crippen LogP contribution in [-0.2, 0) is 10.9 Å². The van der Waals surface area contributed by atoms with Crippen molar-refractivity contribution in [1.82, 2.24) is 9.55 Å². The third kappa shape index (κ3) is 5.09. The second kappa shape index (κ2) is 9.09. The molecule has 0 saturated heterocycles. The summed E-state index contributed by atoms with van der Waals surface area (Å²) in [5, 5.41) is 3.21. The summed E-state index contributed by atoms with van der Waals surface area (Å²) in [4.78, 5) is 17.1. The van der Waals surface area contributed by atoms with Crippen molar-refractivity contribution in [3.8, 4) is 5.75 Å². The third-order valence-corrected chi connectivity index (χ3v) is 6.61. The Kier molecular flexibility index (Phi) is 6.46. The number of carbonyl (C=O) groups is 1. The molecule has 188 valence electrons. The second-order valence-electron chi connectivity index (χ2n) is 10.1. The number of aromatic nitrogens is 2. The molecule has 1 aliphatic carbocycles. The van der Waals surface area contributed by atoms with E-state index in [-0.39, 0.29) is 17.0 Å². The van der Waals surface area contributed by atoms with E-state index in [1.54, 1.807) is 12.1 Å². The van der Waals surface area contributed by atoms with Crippen molar-refractivity contribution in [3.63, 3.8) is 0 Å². The van der Waals surface area contributed by atoms with Crippen LogP contribution in [0.5, 0.6) is 5.75 Å². The van der Waals surface area contributed by atoms with Gasteiger partial charge in [0, 0.05) is 17.8 Å². The quantitative estimate of drug-likeness (QED) is 0.392. The molecular weight excluding hydrogens is 459 g/mol. The van der Waals surface area contributed by atoms with Crippen LogP contribution in [0.2, 0.25) is 0 Å². The zero-order valence-electron chi connectivity index (χ0n) is 20.5. The number of hydrogen-bond donors (Lipinski definition) is 1. The Labute approximate surface area is 202 Å². The van der Waals surface area contributed by atoms with Gasteiger partial charge < -0.3 is 19.4 Å². The van der Waals surface area contributed by atoms with Crippen LogP contribution < -0.4 is 10.1 Å². The zero-order chi connectivity index (χ0) is 25.5. The van der Waals surface area contributed by atoms with E-state index in [1.807, 2.05) is 0 Å². The molecule has 1 heterocycles. The summed E-state index contributed by atoms with van der Waals surface area (Å²) < 4.78 is 51.5. The molecule has 0 amide bonds. The fraction of sp³-hybridized carbons (Fsp3) is 0.462. The molecule has 1 N–H and O–H groups in total. The number of alkyl halides is 3. The van der Waals surface area contributed by atoms with Crippen molar-refractivity contribution in [2.75, 3.05) is 19.5 Å². The molecule has 2 aromatic carbocycles. The molecule has 1 saturated carbocycles. The van der Waals surface area contributed by atoms with Crippen molar-refractivity contribution in [2.45, 2.75) is 52.3 Å². The normalized spacial score (nSPS) is 20.0. The average Bonchev–Trinajstić information content (AvgIpc) is 3.12. The summed E-state index contributed by atoms with van der Waals surface area (Å²) in [7, 11) is 2.79. The Balaban J connectivity index is 1.84. The molecule has 0 bridgehead atoms. The molecule has 35 heavy (non-hydrogen) atoms. The van der Waals surface area contributed by atoms with Crippen LogP contribution in [0.3, 0.4) is 0 Å². The van der Waals surface area contributed by atoms with E-state index in [1.165, 1.54) is 26.4 Å². The maximum Gasteiger partial charge on any atom is 0.416 e. The number of rotatable bonds is 5. The van der Waals surface area contributed by atoms with Gasteiger partial charge in [0.1, 0.15) is 11.3 Å². The first-order chi connectivity index (χ1) is 16.4. The molecule has 9 heteroatoms. The molecule has 0 aliphatic heterocycles. The molecule has 2 atom stereocenters. The van der Waals surface area contributed by atoms with E-state index in [2.05, 4.69) is 30.7 Å². The van der Waals surface area contributed by atoms with Crippen LogP contribution >= 0.6 is 0 Å². The van der Waals surface area contributed by atoms with Gasteiger partial charge in [-0.05, 0) is 60.9 Å². The standard InChI is InChI=1S/C26H30F3N3O3/c1-15-10-18(14-25(2,3)13-15)32-21-12-22(34-4)19(23(33)35-5)11-20(21)31-24(32)30-17-8-6-16(7-9-17)26(27,28)29/h6-9,11-12,15,18H,10,13-14H2,1-5H3,(H,30,31)/t15-,18-/m0/s1. The minimum absolute atomic E-state index is 0.101. The van der Waals surface area contributed by atoms with Crippen molar-refractivity contribution in [3.05, 3.63) is 47.5 Å². The highest BCUT2D eigenvalue weighted by molar-refractivity contribution is 5.97. The number of nitrogens with one attached hydrogen (secondary N) is 1. The van der Waals surface area contributed by atoms with Gasteiger partial charge in [-0.15, -0.1) is 0 Å². The highest BCUT2D eigenvalue weighted by Crippen LogP contribution is 2.46. The van der Waals surface area contributed by atoms with E-state index in [0.29, 0.717) is 28.8 Å². The molecule has 4 rings (SSSR count). The Hall–Kier alpha value is -3.23. The van der Waals surface area contributed by atoms with Crippen molar-refractivity contribution in [2.24, 2.45) is 11.3 Å². The first-order valence-electron chi connectivity index (χ1n) is 11.5. The van der Waals surface area contributed by atoms with Crippen LogP contribution in [0.25, 0.3) is 11.0 Å². The van der Waals surface area contributed by atoms with E-state index < -0.39 is 17.7 Å². The lowest BCUT2D eigenvalue weighted by atomic mass is 9.70. The first-order valence-corrected chi connectivity index (χ1v) is 11.5. The maximum atomic E-state index is 13.0. The summed E-state index contributed by atoms with van der Waals surface area (Å²) in [6.45, 7) is 6.72. The number of anilines is 2. The topological polar surface area (TPSA) is 65.4 Å². The number of hydrogen-bond acceptors (Lipinski definition) is 5. The smallest absolute Gasteiger partial charge is 0.416 e. The second-order valence-corrected chi connectivity index (χ2v) is 10.1. The van der Waals surface area contributed by atoms with Crippen LogP contribution in [0.15, 0.2) is 36.4 Å². The number of ether oxygens (including phenoxy) is 2. The van der Waals surface area contributed by atoms with Gasteiger partial charge in [-0.2, -0.15) is 13.2 Å². The van der Waals surface area contributed by atoms with E-state index in [0.717, 1.165) is 36.9 Å². The van der Waals surface area contributed by atoms with Gasteiger partial charge in [-0.3, -0.25) is 0 Å². The Bertz CT molecular complexity index is 1230. The van der Waals surface area contributed by atoms with Gasteiger partial charge in [0.25, 0.3) is 0 Å². The fourth-order valence-electron chi connectivity index (χ4n) is 5.38. The number of methoxy groups -OCH3 is 2. The van der Waals surface area contributed by atoms with Crippen molar-refractivity contribution >= 4 is 28.6 Å². The van der Waals surface area contributed by atoms with Gasteiger partial charge in [-0.25, -0.2) is 9.78 Å². The Morgan fingerprint density at radius 1 is 1.14 bits per heavy atom. The number of esters is 1. The van der Waals surface area contributed by atoms with Crippen molar-refractivity contribution in [1.29, 1.82) is 0 Å². The SMILES string of the molecule is COC(=O)c1cc2nc(Nc3ccc(C(F)(F)F)cc3)n([C@H]3C[C@H](C)CC(C)(C)C3)c2cc1OC. The van der Waals surface area contributed by atoms with Crippen LogP contribution in [0.1, 0.15) is 62.0 Å². The number of benzene rings is 2. The van der Waals surface area contributed by atoms with Gasteiger partial charge in [-0.1, -0.05) is 20.8 Å². The molecule has 3 aromatic rings. The maximum absolute atomic E-state index is 13.0. The number of fused-ring (bicyclic) bond motifs is 1. The zero-order valence-corrected chi connectivity index (χ0v) is 20.5. The Morgan fingerprint density at radius 2 is 1.83 bits per heavy atom. The van der Waals surface area contributed by atoms with Gasteiger partial charge in [0.15, 0.2) is 0 Å². The molecule has 6 nitrogen and oxygen atoms in total. The monoisotopic (exact) mass is 489 g/mol. The predicted octanol–water partition coefficient (Wildman–Crippen LogP) is 6.98. The lowest BCUT2D eigenvalue weighted by molar-refractivity contribution is -0.137. The predicted molar refractivity (Wildman–Crippen MR) is 128 cm³/mol. The van der Waals surface area contributed by atoms with E-state index >= 15 is 0 Å². The van der Waals surface area contributed by atoms with Crippen LogP contribution in [0, 0.1) is 11.3 Å². The molecular formula is C26H30F3N3O3. The van der Waals surface area contributed by atoms with Crippen LogP contribution in [0.4, 0.5) is 24.8 Å². The number of carbonyl (C=O) groups excluding carboxylic acids is 1. The van der Waals surface area contributed by atoms with Crippen molar-refractivity contribution < 1.29 is 27.4 Å². The lowest BCUT2D eigenvalue weighted by Gasteiger charge is -2.40. The summed E-state index contributed by atoms with van der Waals surface area (Å²) >= 11 is 0.